The van der Waals surface area contributed by atoms with Gasteiger partial charge >= 0.3 is 0 Å². The summed E-state index contributed by atoms with van der Waals surface area (Å²) in [6, 6.07) is 8.53. The first-order valence-electron chi connectivity index (χ1n) is 11.5. The lowest BCUT2D eigenvalue weighted by Gasteiger charge is -2.30. The number of hydrogen-bond acceptors (Lipinski definition) is 6. The van der Waals surface area contributed by atoms with Gasteiger partial charge in [0.05, 0.1) is 24.9 Å². The molecular formula is C25H32BrFN4O2. The molecular weight excluding hydrogens is 487 g/mol. The molecule has 4 rings (SSSR count). The Bertz CT molecular complexity index is 1060. The number of fused-ring (bicyclic) bond motifs is 1. The molecule has 8 heteroatoms. The van der Waals surface area contributed by atoms with E-state index in [1.54, 1.807) is 19.2 Å². The Morgan fingerprint density at radius 3 is 2.55 bits per heavy atom. The van der Waals surface area contributed by atoms with Gasteiger partial charge in [-0.2, -0.15) is 0 Å². The van der Waals surface area contributed by atoms with Crippen molar-refractivity contribution < 1.29 is 13.9 Å². The molecule has 0 amide bonds. The van der Waals surface area contributed by atoms with Crippen LogP contribution in [-0.2, 0) is 0 Å². The molecule has 6 nitrogen and oxygen atoms in total. The molecule has 33 heavy (non-hydrogen) atoms. The molecule has 3 aromatic rings. The normalized spacial score (nSPS) is 14.5. The van der Waals surface area contributed by atoms with Gasteiger partial charge in [0.25, 0.3) is 0 Å². The second-order valence-electron chi connectivity index (χ2n) is 7.68. The smallest absolute Gasteiger partial charge is 0.163 e. The van der Waals surface area contributed by atoms with Crippen LogP contribution >= 0.6 is 15.9 Å². The van der Waals surface area contributed by atoms with Crippen LogP contribution in [0.4, 0.5) is 15.9 Å². The molecule has 2 heterocycles. The number of methoxy groups -OCH3 is 1. The number of likely N-dealkylation sites (tertiary alicyclic amines) is 1. The minimum absolute atomic E-state index is 0.334. The number of halogens is 2. The highest BCUT2D eigenvalue weighted by Gasteiger charge is 2.20. The molecule has 0 spiro atoms. The predicted octanol–water partition coefficient (Wildman–Crippen LogP) is 6.42. The van der Waals surface area contributed by atoms with E-state index < -0.39 is 0 Å². The summed E-state index contributed by atoms with van der Waals surface area (Å²) in [5, 5.41) is 3.79. The van der Waals surface area contributed by atoms with Crippen molar-refractivity contribution in [2.75, 3.05) is 38.7 Å². The lowest BCUT2D eigenvalue weighted by molar-refractivity contribution is 0.144. The van der Waals surface area contributed by atoms with Gasteiger partial charge in [0.1, 0.15) is 18.0 Å². The minimum Gasteiger partial charge on any atom is -0.493 e. The molecule has 1 aliphatic heterocycles. The highest BCUT2D eigenvalue weighted by Crippen LogP contribution is 2.35. The predicted molar refractivity (Wildman–Crippen MR) is 135 cm³/mol. The molecule has 2 aromatic carbocycles. The van der Waals surface area contributed by atoms with Crippen molar-refractivity contribution in [2.24, 2.45) is 5.92 Å². The van der Waals surface area contributed by atoms with E-state index in [4.69, 9.17) is 9.47 Å². The Balaban J connectivity index is 0.00000149. The lowest BCUT2D eigenvalue weighted by Crippen LogP contribution is -2.35. The van der Waals surface area contributed by atoms with E-state index in [9.17, 15) is 4.39 Å². The maximum Gasteiger partial charge on any atom is 0.163 e. The van der Waals surface area contributed by atoms with Crippen LogP contribution in [0.5, 0.6) is 11.5 Å². The topological polar surface area (TPSA) is 59.5 Å². The van der Waals surface area contributed by atoms with E-state index in [-0.39, 0.29) is 5.82 Å². The Labute approximate surface area is 203 Å². The van der Waals surface area contributed by atoms with Gasteiger partial charge in [0, 0.05) is 15.9 Å². The van der Waals surface area contributed by atoms with Crippen LogP contribution < -0.4 is 14.8 Å². The number of nitrogens with zero attached hydrogens (tertiary/aromatic N) is 3. The quantitative estimate of drug-likeness (QED) is 0.389. The number of rotatable bonds is 7. The Morgan fingerprint density at radius 1 is 1.12 bits per heavy atom. The zero-order chi connectivity index (χ0) is 23.8. The second kappa shape index (κ2) is 12.1. The molecule has 178 valence electrons. The van der Waals surface area contributed by atoms with Crippen LogP contribution in [0.25, 0.3) is 10.9 Å². The Hall–Kier alpha value is -2.45. The summed E-state index contributed by atoms with van der Waals surface area (Å²) in [6.45, 7) is 10.2. The number of nitrogens with one attached hydrogen (secondary N) is 1. The molecule has 1 fully saturated rings. The van der Waals surface area contributed by atoms with E-state index in [1.807, 2.05) is 26.0 Å². The van der Waals surface area contributed by atoms with Crippen LogP contribution in [0.3, 0.4) is 0 Å². The average Bonchev–Trinajstić information content (AvgIpc) is 2.85. The molecule has 0 atom stereocenters. The van der Waals surface area contributed by atoms with Crippen molar-refractivity contribution in [1.29, 1.82) is 0 Å². The van der Waals surface area contributed by atoms with Crippen molar-refractivity contribution in [3.8, 4) is 11.5 Å². The molecule has 0 saturated carbocycles. The SMILES string of the molecule is CC.CCN1CCC(COc2cc3ncnc(Nc4ccc(Br)cc4F)c3cc2OC)CC1. The Kier molecular flexibility index (Phi) is 9.26. The standard InChI is InChI=1S/C23H26BrFN4O2.C2H6/c1-3-29-8-6-15(7-9-29)13-31-22-12-20-17(11-21(22)30-2)23(27-14-26-20)28-19-5-4-16(24)10-18(19)25;1-2/h4-5,10-12,14-15H,3,6-9,13H2,1-2H3,(H,26,27,28);1-2H3. The third-order valence-corrected chi connectivity index (χ3v) is 6.23. The van der Waals surface area contributed by atoms with E-state index >= 15 is 0 Å². The van der Waals surface area contributed by atoms with E-state index in [1.165, 1.54) is 12.4 Å². The van der Waals surface area contributed by atoms with Gasteiger partial charge in [-0.1, -0.05) is 36.7 Å². The Morgan fingerprint density at radius 2 is 1.88 bits per heavy atom. The van der Waals surface area contributed by atoms with Crippen LogP contribution in [0.15, 0.2) is 41.1 Å². The summed E-state index contributed by atoms with van der Waals surface area (Å²) in [5.74, 6) is 1.93. The van der Waals surface area contributed by atoms with Gasteiger partial charge in [-0.25, -0.2) is 14.4 Å². The number of piperidine rings is 1. The zero-order valence-corrected chi connectivity index (χ0v) is 21.3. The van der Waals surface area contributed by atoms with Crippen molar-refractivity contribution in [3.63, 3.8) is 0 Å². The summed E-state index contributed by atoms with van der Waals surface area (Å²) in [6.07, 6.45) is 3.73. The fraction of sp³-hybridized carbons (Fsp3) is 0.440. The molecule has 0 bridgehead atoms. The molecule has 1 saturated heterocycles. The summed E-state index contributed by atoms with van der Waals surface area (Å²) in [7, 11) is 1.61. The monoisotopic (exact) mass is 518 g/mol. The van der Waals surface area contributed by atoms with E-state index in [0.717, 1.165) is 37.9 Å². The second-order valence-corrected chi connectivity index (χ2v) is 8.60. The lowest BCUT2D eigenvalue weighted by atomic mass is 9.98. The number of benzene rings is 2. The van der Waals surface area contributed by atoms with E-state index in [2.05, 4.69) is 43.0 Å². The van der Waals surface area contributed by atoms with Gasteiger partial charge in [0.15, 0.2) is 11.5 Å². The van der Waals surface area contributed by atoms with Gasteiger partial charge in [-0.3, -0.25) is 0 Å². The first-order valence-corrected chi connectivity index (χ1v) is 12.3. The molecule has 1 aliphatic rings. The van der Waals surface area contributed by atoms with Gasteiger partial charge < -0.3 is 19.7 Å². The van der Waals surface area contributed by atoms with Crippen LogP contribution in [-0.4, -0.2) is 48.2 Å². The molecule has 1 N–H and O–H groups in total. The minimum atomic E-state index is -0.373. The van der Waals surface area contributed by atoms with Crippen LogP contribution in [0.2, 0.25) is 0 Å². The maximum absolute atomic E-state index is 14.3. The maximum atomic E-state index is 14.3. The fourth-order valence-electron chi connectivity index (χ4n) is 3.83. The first kappa shape index (κ1) is 25.2. The van der Waals surface area contributed by atoms with Crippen LogP contribution in [0, 0.1) is 11.7 Å². The third-order valence-electron chi connectivity index (χ3n) is 5.73. The summed E-state index contributed by atoms with van der Waals surface area (Å²) in [5.41, 5.74) is 1.03. The molecule has 0 unspecified atom stereocenters. The van der Waals surface area contributed by atoms with Gasteiger partial charge in [0.2, 0.25) is 0 Å². The average molecular weight is 519 g/mol. The number of aromatic nitrogens is 2. The van der Waals surface area contributed by atoms with Crippen molar-refractivity contribution in [1.82, 2.24) is 14.9 Å². The van der Waals surface area contributed by atoms with Crippen LogP contribution in [0.1, 0.15) is 33.6 Å². The molecule has 0 aliphatic carbocycles. The summed E-state index contributed by atoms with van der Waals surface area (Å²) < 4.78 is 26.7. The molecule has 1 aromatic heterocycles. The third kappa shape index (κ3) is 6.32. The number of anilines is 2. The highest BCUT2D eigenvalue weighted by molar-refractivity contribution is 9.10. The summed E-state index contributed by atoms with van der Waals surface area (Å²) in [4.78, 5) is 11.1. The first-order chi connectivity index (χ1) is 16.1. The zero-order valence-electron chi connectivity index (χ0n) is 19.7. The highest BCUT2D eigenvalue weighted by atomic mass is 79.9. The fourth-order valence-corrected chi connectivity index (χ4v) is 4.16. The van der Waals surface area contributed by atoms with Gasteiger partial charge in [-0.05, 0) is 62.7 Å². The number of hydrogen-bond donors (Lipinski definition) is 1. The van der Waals surface area contributed by atoms with Crippen molar-refractivity contribution >= 4 is 38.3 Å². The van der Waals surface area contributed by atoms with Gasteiger partial charge in [-0.15, -0.1) is 0 Å². The summed E-state index contributed by atoms with van der Waals surface area (Å²) >= 11 is 3.27. The number of ether oxygens (including phenoxy) is 2. The van der Waals surface area contributed by atoms with Crippen molar-refractivity contribution in [3.05, 3.63) is 46.9 Å². The molecule has 0 radical (unpaired) electrons. The van der Waals surface area contributed by atoms with E-state index in [0.29, 0.717) is 45.5 Å². The largest absolute Gasteiger partial charge is 0.493 e. The van der Waals surface area contributed by atoms with Crippen molar-refractivity contribution in [2.45, 2.75) is 33.6 Å².